The summed E-state index contributed by atoms with van der Waals surface area (Å²) in [5.41, 5.74) is 8.01. The summed E-state index contributed by atoms with van der Waals surface area (Å²) in [6.45, 7) is 3.71. The topological polar surface area (TPSA) is 116 Å². The Morgan fingerprint density at radius 3 is 2.28 bits per heavy atom. The molecule has 0 bridgehead atoms. The van der Waals surface area contributed by atoms with Crippen LogP contribution in [0.1, 0.15) is 36.2 Å². The third-order valence-corrected chi connectivity index (χ3v) is 4.78. The van der Waals surface area contributed by atoms with Crippen LogP contribution in [0, 0.1) is 12.3 Å². The molecule has 1 atom stereocenters. The number of nitrogens with one attached hydrogen (secondary N) is 1. The average Bonchev–Trinajstić information content (AvgIpc) is 3.02. The maximum Gasteiger partial charge on any atom is 0.355 e. The summed E-state index contributed by atoms with van der Waals surface area (Å²) in [6.07, 6.45) is 0.295. The molecule has 0 spiro atoms. The first-order valence-corrected chi connectivity index (χ1v) is 9.12. The van der Waals surface area contributed by atoms with Gasteiger partial charge in [0.25, 0.3) is 0 Å². The van der Waals surface area contributed by atoms with E-state index in [2.05, 4.69) is 5.10 Å². The number of nitrogens with two attached hydrogens (primary N) is 1. The number of carbonyl (C=O) groups excluding carboxylic acids is 1. The fourth-order valence-corrected chi connectivity index (χ4v) is 3.12. The molecule has 0 fully saturated rings. The molecular weight excluding hydrogens is 370 g/mol. The molecule has 1 unspecified atom stereocenters. The van der Waals surface area contributed by atoms with Gasteiger partial charge in [-0.05, 0) is 54.8 Å². The minimum absolute atomic E-state index is 0.0110. The molecule has 1 aromatic heterocycles. The van der Waals surface area contributed by atoms with Gasteiger partial charge in [0, 0.05) is 5.56 Å². The maximum absolute atomic E-state index is 12.9. The number of nitrogen functional groups attached to an aromatic ring is 1. The maximum atomic E-state index is 12.9. The highest BCUT2D eigenvalue weighted by molar-refractivity contribution is 5.95. The van der Waals surface area contributed by atoms with Gasteiger partial charge < -0.3 is 10.5 Å². The molecule has 8 heteroatoms. The molecule has 2 aromatic carbocycles. The zero-order chi connectivity index (χ0) is 21.1. The van der Waals surface area contributed by atoms with Crippen molar-refractivity contribution in [3.8, 4) is 11.4 Å². The van der Waals surface area contributed by atoms with Gasteiger partial charge in [-0.15, -0.1) is 5.10 Å². The van der Waals surface area contributed by atoms with Crippen LogP contribution in [0.4, 0.5) is 0 Å². The van der Waals surface area contributed by atoms with Crippen molar-refractivity contribution < 1.29 is 9.53 Å². The average molecular weight is 393 g/mol. The van der Waals surface area contributed by atoms with Crippen molar-refractivity contribution in [2.45, 2.75) is 26.2 Å². The van der Waals surface area contributed by atoms with Gasteiger partial charge >= 0.3 is 11.7 Å². The second-order valence-electron chi connectivity index (χ2n) is 6.81. The van der Waals surface area contributed by atoms with Crippen LogP contribution in [0.15, 0.2) is 53.3 Å². The summed E-state index contributed by atoms with van der Waals surface area (Å²) in [7, 11) is 1.37. The Labute approximate surface area is 168 Å². The third-order valence-electron chi connectivity index (χ3n) is 4.78. The monoisotopic (exact) mass is 393 g/mol. The van der Waals surface area contributed by atoms with Crippen molar-refractivity contribution in [3.63, 3.8) is 0 Å². The Morgan fingerprint density at radius 1 is 1.14 bits per heavy atom. The highest BCUT2D eigenvalue weighted by atomic mass is 16.5. The number of aromatic nitrogens is 3. The number of methoxy groups -OCH3 is 1. The van der Waals surface area contributed by atoms with E-state index in [0.29, 0.717) is 29.2 Å². The van der Waals surface area contributed by atoms with Crippen LogP contribution in [-0.2, 0) is 9.53 Å². The molecule has 0 aliphatic rings. The molecule has 3 aromatic rings. The van der Waals surface area contributed by atoms with Crippen molar-refractivity contribution >= 4 is 11.8 Å². The Hall–Kier alpha value is -3.68. The smallest absolute Gasteiger partial charge is 0.355 e. The number of ether oxygens (including phenoxy) is 1. The summed E-state index contributed by atoms with van der Waals surface area (Å²) in [4.78, 5) is 24.4. The fraction of sp³-hybridized carbons (Fsp3) is 0.238. The molecule has 3 rings (SSSR count). The lowest BCUT2D eigenvalue weighted by molar-refractivity contribution is -0.140. The molecule has 0 radical (unpaired) electrons. The molecule has 1 heterocycles. The van der Waals surface area contributed by atoms with Crippen LogP contribution in [0.2, 0.25) is 0 Å². The first kappa shape index (κ1) is 20.1. The van der Waals surface area contributed by atoms with E-state index < -0.39 is 0 Å². The highest BCUT2D eigenvalue weighted by Crippen LogP contribution is 2.21. The van der Waals surface area contributed by atoms with Crippen LogP contribution in [0.5, 0.6) is 0 Å². The van der Waals surface area contributed by atoms with Crippen LogP contribution in [0.25, 0.3) is 11.4 Å². The van der Waals surface area contributed by atoms with E-state index in [1.54, 1.807) is 31.2 Å². The second kappa shape index (κ2) is 8.14. The number of aryl methyl sites for hydroxylation is 1. The number of nitrogens with zero attached hydrogens (tertiary/aromatic N) is 3. The molecule has 0 amide bonds. The first-order valence-electron chi connectivity index (χ1n) is 9.12. The fourth-order valence-electron chi connectivity index (χ4n) is 3.12. The van der Waals surface area contributed by atoms with Crippen molar-refractivity contribution in [3.05, 3.63) is 76.0 Å². The number of benzene rings is 2. The molecular formula is C21H23N5O3. The highest BCUT2D eigenvalue weighted by Gasteiger charge is 2.15. The first-order chi connectivity index (χ1) is 13.8. The third kappa shape index (κ3) is 4.11. The second-order valence-corrected chi connectivity index (χ2v) is 6.81. The predicted molar refractivity (Wildman–Crippen MR) is 110 cm³/mol. The van der Waals surface area contributed by atoms with Crippen LogP contribution in [0.3, 0.4) is 0 Å². The van der Waals surface area contributed by atoms with Gasteiger partial charge in [-0.2, -0.15) is 4.68 Å². The Kier molecular flexibility index (Phi) is 5.63. The largest absolute Gasteiger partial charge is 0.469 e. The van der Waals surface area contributed by atoms with Gasteiger partial charge in [0.15, 0.2) is 0 Å². The van der Waals surface area contributed by atoms with Crippen molar-refractivity contribution in [1.82, 2.24) is 14.3 Å². The number of rotatable bonds is 6. The molecule has 8 nitrogen and oxygen atoms in total. The summed E-state index contributed by atoms with van der Waals surface area (Å²) in [6, 6.07) is 14.2. The molecule has 0 saturated carbocycles. The van der Waals surface area contributed by atoms with Crippen LogP contribution < -0.4 is 11.4 Å². The summed E-state index contributed by atoms with van der Waals surface area (Å²) in [5.74, 6) is 0.260. The van der Waals surface area contributed by atoms with Gasteiger partial charge in [0.1, 0.15) is 11.7 Å². The Balaban J connectivity index is 1.91. The van der Waals surface area contributed by atoms with Crippen LogP contribution >= 0.6 is 0 Å². The van der Waals surface area contributed by atoms with Gasteiger partial charge in [0.2, 0.25) is 0 Å². The van der Waals surface area contributed by atoms with Gasteiger partial charge in [-0.1, -0.05) is 19.1 Å². The predicted octanol–water partition coefficient (Wildman–Crippen LogP) is 2.28. The quantitative estimate of drug-likeness (QED) is 0.379. The lowest BCUT2D eigenvalue weighted by Gasteiger charge is -2.11. The number of amidine groups is 1. The van der Waals surface area contributed by atoms with Crippen molar-refractivity contribution in [2.24, 2.45) is 5.73 Å². The summed E-state index contributed by atoms with van der Waals surface area (Å²) >= 11 is 0. The van der Waals surface area contributed by atoms with E-state index >= 15 is 0 Å². The van der Waals surface area contributed by atoms with Crippen molar-refractivity contribution in [1.29, 1.82) is 5.41 Å². The van der Waals surface area contributed by atoms with E-state index in [9.17, 15) is 9.59 Å². The van der Waals surface area contributed by atoms with Crippen molar-refractivity contribution in [2.75, 3.05) is 7.11 Å². The van der Waals surface area contributed by atoms with E-state index in [-0.39, 0.29) is 23.4 Å². The molecule has 0 aliphatic carbocycles. The zero-order valence-corrected chi connectivity index (χ0v) is 16.5. The molecule has 150 valence electrons. The van der Waals surface area contributed by atoms with Gasteiger partial charge in [-0.3, -0.25) is 10.2 Å². The Morgan fingerprint density at radius 2 is 1.72 bits per heavy atom. The molecule has 29 heavy (non-hydrogen) atoms. The minimum Gasteiger partial charge on any atom is -0.469 e. The standard InChI is InChI=1S/C21H23N5O3/c1-13(12-19(27)29-3)15-4-8-17(9-5-15)25-14(2)24-26(21(25)28)18-10-6-16(7-11-18)20(22)23/h4-11,13H,12H2,1-3H3,(H3,22,23). The molecule has 0 saturated heterocycles. The molecule has 3 N–H and O–H groups in total. The summed E-state index contributed by atoms with van der Waals surface area (Å²) < 4.78 is 7.55. The lowest BCUT2D eigenvalue weighted by atomic mass is 9.98. The van der Waals surface area contributed by atoms with E-state index in [4.69, 9.17) is 15.9 Å². The van der Waals surface area contributed by atoms with E-state index in [1.165, 1.54) is 16.4 Å². The number of carbonyl (C=O) groups is 1. The summed E-state index contributed by atoms with van der Waals surface area (Å²) in [5, 5.41) is 11.8. The van der Waals surface area contributed by atoms with Gasteiger partial charge in [-0.25, -0.2) is 9.36 Å². The van der Waals surface area contributed by atoms with E-state index in [1.807, 2.05) is 31.2 Å². The zero-order valence-electron chi connectivity index (χ0n) is 16.5. The molecule has 0 aliphatic heterocycles. The van der Waals surface area contributed by atoms with Gasteiger partial charge in [0.05, 0.1) is 24.9 Å². The number of hydrogen-bond donors (Lipinski definition) is 2. The van der Waals surface area contributed by atoms with E-state index in [0.717, 1.165) is 5.56 Å². The lowest BCUT2D eigenvalue weighted by Crippen LogP contribution is -2.23. The number of esters is 1. The Bertz CT molecular complexity index is 1090. The van der Waals surface area contributed by atoms with Crippen LogP contribution in [-0.4, -0.2) is 33.3 Å². The number of hydrogen-bond acceptors (Lipinski definition) is 5. The normalized spacial score (nSPS) is 11.8. The minimum atomic E-state index is -0.298. The SMILES string of the molecule is COC(=O)CC(C)c1ccc(-n2c(C)nn(-c3ccc(C(=N)N)cc3)c2=O)cc1.